The first kappa shape index (κ1) is 25.2. The number of nitrogens with zero attached hydrogens (tertiary/aromatic N) is 4. The minimum Gasteiger partial charge on any atom is -0.484 e. The summed E-state index contributed by atoms with van der Waals surface area (Å²) in [5, 5.41) is 0.612. The van der Waals surface area contributed by atoms with Crippen LogP contribution in [0.25, 0.3) is 16.2 Å². The third-order valence-electron chi connectivity index (χ3n) is 5.77. The number of fused-ring (bicyclic) bond motifs is 1. The lowest BCUT2D eigenvalue weighted by molar-refractivity contribution is 0.0998. The average Bonchev–Trinajstić information content (AvgIpc) is 3.41. The summed E-state index contributed by atoms with van der Waals surface area (Å²) in [4.78, 5) is 22.5. The second-order valence-electron chi connectivity index (χ2n) is 8.90. The zero-order valence-corrected chi connectivity index (χ0v) is 21.9. The van der Waals surface area contributed by atoms with Crippen molar-refractivity contribution in [2.75, 3.05) is 34.2 Å². The van der Waals surface area contributed by atoms with Gasteiger partial charge in [0.1, 0.15) is 22.4 Å². The van der Waals surface area contributed by atoms with E-state index < -0.39 is 5.91 Å². The van der Waals surface area contributed by atoms with Crippen molar-refractivity contribution >= 4 is 34.5 Å². The minimum absolute atomic E-state index is 0.351. The molecule has 4 rings (SSSR count). The summed E-state index contributed by atoms with van der Waals surface area (Å²) < 4.78 is 8.22. The Hall–Kier alpha value is -2.91. The maximum atomic E-state index is 12.2. The van der Waals surface area contributed by atoms with Crippen LogP contribution in [-0.4, -0.2) is 59.3 Å². The number of likely N-dealkylation sites (N-methyl/N-ethyl adjacent to an activating group) is 2. The molecule has 35 heavy (non-hydrogen) atoms. The Kier molecular flexibility index (Phi) is 7.76. The van der Waals surface area contributed by atoms with Gasteiger partial charge in [-0.1, -0.05) is 35.9 Å². The number of hydrogen-bond donors (Lipinski definition) is 1. The highest BCUT2D eigenvalue weighted by Crippen LogP contribution is 2.39. The Balaban J connectivity index is 1.63. The highest BCUT2D eigenvalue weighted by Gasteiger charge is 2.21. The molecule has 0 fully saturated rings. The predicted octanol–water partition coefficient (Wildman–Crippen LogP) is 4.95. The Morgan fingerprint density at radius 1 is 1.20 bits per heavy atom. The van der Waals surface area contributed by atoms with Crippen molar-refractivity contribution in [3.8, 4) is 16.3 Å². The fourth-order valence-corrected chi connectivity index (χ4v) is 5.12. The van der Waals surface area contributed by atoms with E-state index in [1.807, 2.05) is 53.9 Å². The fraction of sp³-hybridized carbons (Fsp3) is 0.308. The number of primary amides is 1. The van der Waals surface area contributed by atoms with Crippen LogP contribution in [0.3, 0.4) is 0 Å². The van der Waals surface area contributed by atoms with Gasteiger partial charge >= 0.3 is 0 Å². The molecule has 1 amide bonds. The molecule has 0 aliphatic carbocycles. The summed E-state index contributed by atoms with van der Waals surface area (Å²) in [5.74, 6) is -0.0842. The summed E-state index contributed by atoms with van der Waals surface area (Å²) in [5.41, 5.74) is 9.43. The first-order valence-electron chi connectivity index (χ1n) is 11.4. The van der Waals surface area contributed by atoms with Crippen LogP contribution < -0.4 is 10.5 Å². The molecule has 2 N–H and O–H groups in total. The maximum absolute atomic E-state index is 12.2. The van der Waals surface area contributed by atoms with Gasteiger partial charge < -0.3 is 20.3 Å². The quantitative estimate of drug-likeness (QED) is 0.326. The van der Waals surface area contributed by atoms with Crippen LogP contribution in [-0.2, 0) is 6.54 Å². The number of aromatic nitrogens is 2. The zero-order chi connectivity index (χ0) is 25.1. The lowest BCUT2D eigenvalue weighted by Gasteiger charge is -2.19. The van der Waals surface area contributed by atoms with Crippen LogP contribution in [0.15, 0.2) is 54.9 Å². The SMILES string of the molecule is CC(Oc1cc(-c2cnc3ccc(CN(C)CCN(C)C)cn23)sc1C(N)=O)c1ccccc1Cl. The zero-order valence-electron chi connectivity index (χ0n) is 20.4. The smallest absolute Gasteiger partial charge is 0.262 e. The third-order valence-corrected chi connectivity index (χ3v) is 7.27. The van der Waals surface area contributed by atoms with Crippen molar-refractivity contribution in [3.63, 3.8) is 0 Å². The fourth-order valence-electron chi connectivity index (χ4n) is 3.88. The van der Waals surface area contributed by atoms with E-state index in [9.17, 15) is 4.79 Å². The number of hydrogen-bond acceptors (Lipinski definition) is 6. The van der Waals surface area contributed by atoms with E-state index in [0.717, 1.165) is 41.4 Å². The number of carbonyl (C=O) groups is 1. The van der Waals surface area contributed by atoms with Gasteiger partial charge in [0, 0.05) is 42.5 Å². The molecule has 0 saturated heterocycles. The molecule has 0 aliphatic heterocycles. The van der Waals surface area contributed by atoms with E-state index in [0.29, 0.717) is 15.6 Å². The second-order valence-corrected chi connectivity index (χ2v) is 10.4. The van der Waals surface area contributed by atoms with Crippen LogP contribution in [0.2, 0.25) is 5.02 Å². The van der Waals surface area contributed by atoms with Gasteiger partial charge in [-0.15, -0.1) is 11.3 Å². The number of imidazole rings is 1. The molecular formula is C26H30ClN5O2S. The molecule has 7 nitrogen and oxygen atoms in total. The standard InChI is InChI=1S/C26H30ClN5O2S/c1-17(19-7-5-6-8-20(19)27)34-22-13-23(35-25(22)26(28)33)21-14-29-24-10-9-18(16-32(21)24)15-31(4)12-11-30(2)3/h5-10,13-14,16-17H,11-12,15H2,1-4H3,(H2,28,33). The molecule has 1 aromatic carbocycles. The highest BCUT2D eigenvalue weighted by molar-refractivity contribution is 7.17. The number of carbonyl (C=O) groups excluding carboxylic acids is 1. The van der Waals surface area contributed by atoms with Gasteiger partial charge in [-0.3, -0.25) is 9.20 Å². The van der Waals surface area contributed by atoms with Crippen molar-refractivity contribution in [2.24, 2.45) is 5.73 Å². The van der Waals surface area contributed by atoms with Gasteiger partial charge in [0.15, 0.2) is 0 Å². The molecule has 0 spiro atoms. The van der Waals surface area contributed by atoms with E-state index in [1.54, 1.807) is 0 Å². The summed E-state index contributed by atoms with van der Waals surface area (Å²) in [6.07, 6.45) is 3.56. The van der Waals surface area contributed by atoms with Crippen molar-refractivity contribution in [3.05, 3.63) is 75.9 Å². The van der Waals surface area contributed by atoms with Crippen molar-refractivity contribution in [1.29, 1.82) is 0 Å². The topological polar surface area (TPSA) is 76.1 Å². The molecule has 1 unspecified atom stereocenters. The lowest BCUT2D eigenvalue weighted by atomic mass is 10.1. The number of nitrogens with two attached hydrogens (primary N) is 1. The molecule has 1 atom stereocenters. The Bertz CT molecular complexity index is 1330. The van der Waals surface area contributed by atoms with Gasteiger partial charge in [0.25, 0.3) is 5.91 Å². The van der Waals surface area contributed by atoms with Crippen molar-refractivity contribution < 1.29 is 9.53 Å². The maximum Gasteiger partial charge on any atom is 0.262 e. The van der Waals surface area contributed by atoms with Crippen LogP contribution in [0.5, 0.6) is 5.75 Å². The normalized spacial score (nSPS) is 12.5. The molecule has 4 aromatic rings. The monoisotopic (exact) mass is 511 g/mol. The van der Waals surface area contributed by atoms with E-state index >= 15 is 0 Å². The molecule has 0 bridgehead atoms. The molecule has 0 radical (unpaired) electrons. The van der Waals surface area contributed by atoms with Gasteiger partial charge in [-0.25, -0.2) is 4.98 Å². The average molecular weight is 512 g/mol. The van der Waals surface area contributed by atoms with E-state index in [2.05, 4.69) is 48.2 Å². The molecule has 184 valence electrons. The predicted molar refractivity (Wildman–Crippen MR) is 142 cm³/mol. The van der Waals surface area contributed by atoms with Gasteiger partial charge in [-0.05, 0) is 45.8 Å². The van der Waals surface area contributed by atoms with Gasteiger partial charge in [0.05, 0.1) is 16.8 Å². The first-order chi connectivity index (χ1) is 16.7. The molecule has 0 saturated carbocycles. The molecule has 3 heterocycles. The van der Waals surface area contributed by atoms with Gasteiger partial charge in [0.2, 0.25) is 0 Å². The number of benzene rings is 1. The van der Waals surface area contributed by atoms with E-state index in [-0.39, 0.29) is 6.10 Å². The molecule has 9 heteroatoms. The third kappa shape index (κ3) is 5.85. The second kappa shape index (κ2) is 10.8. The number of amides is 1. The minimum atomic E-state index is -0.528. The summed E-state index contributed by atoms with van der Waals surface area (Å²) in [6, 6.07) is 13.5. The highest BCUT2D eigenvalue weighted by atomic mass is 35.5. The van der Waals surface area contributed by atoms with Crippen LogP contribution in [0, 0.1) is 0 Å². The van der Waals surface area contributed by atoms with Crippen LogP contribution in [0.4, 0.5) is 0 Å². The van der Waals surface area contributed by atoms with Gasteiger partial charge in [-0.2, -0.15) is 0 Å². The van der Waals surface area contributed by atoms with Crippen LogP contribution >= 0.6 is 22.9 Å². The Morgan fingerprint density at radius 3 is 2.69 bits per heavy atom. The van der Waals surface area contributed by atoms with Crippen LogP contribution in [0.1, 0.15) is 33.8 Å². The largest absolute Gasteiger partial charge is 0.484 e. The Labute approximate surface area is 214 Å². The van der Waals surface area contributed by atoms with Crippen molar-refractivity contribution in [1.82, 2.24) is 19.2 Å². The number of rotatable bonds is 10. The molecule has 0 aliphatic rings. The summed E-state index contributed by atoms with van der Waals surface area (Å²) >= 11 is 7.64. The number of pyridine rings is 1. The number of ether oxygens (including phenoxy) is 1. The van der Waals surface area contributed by atoms with Crippen molar-refractivity contribution in [2.45, 2.75) is 19.6 Å². The molecule has 3 aromatic heterocycles. The summed E-state index contributed by atoms with van der Waals surface area (Å²) in [7, 11) is 6.27. The first-order valence-corrected chi connectivity index (χ1v) is 12.6. The summed E-state index contributed by atoms with van der Waals surface area (Å²) in [6.45, 7) is 4.69. The molecular weight excluding hydrogens is 482 g/mol. The number of halogens is 1. The number of thiophene rings is 1. The van der Waals surface area contributed by atoms with E-state index in [1.165, 1.54) is 16.9 Å². The van der Waals surface area contributed by atoms with E-state index in [4.69, 9.17) is 22.1 Å². The Morgan fingerprint density at radius 2 is 1.97 bits per heavy atom. The lowest BCUT2D eigenvalue weighted by Crippen LogP contribution is -2.28.